The first-order chi connectivity index (χ1) is 14.2. The van der Waals surface area contributed by atoms with Crippen molar-refractivity contribution < 1.29 is 13.6 Å². The van der Waals surface area contributed by atoms with Crippen LogP contribution in [0.1, 0.15) is 32.5 Å². The Morgan fingerprint density at radius 1 is 1.10 bits per heavy atom. The van der Waals surface area contributed by atoms with E-state index in [-0.39, 0.29) is 22.7 Å². The number of halogens is 2. The molecule has 0 spiro atoms. The third kappa shape index (κ3) is 4.32. The summed E-state index contributed by atoms with van der Waals surface area (Å²) in [6, 6.07) is 9.90. The van der Waals surface area contributed by atoms with Gasteiger partial charge in [0.2, 0.25) is 0 Å². The molecule has 0 aliphatic rings. The number of rotatable bonds is 5. The zero-order chi connectivity index (χ0) is 22.0. The average molecular weight is 414 g/mol. The van der Waals surface area contributed by atoms with E-state index in [1.54, 1.807) is 24.0 Å². The average Bonchev–Trinajstić information content (AvgIpc) is 2.70. The molecule has 1 atom stereocenters. The summed E-state index contributed by atoms with van der Waals surface area (Å²) in [5.41, 5.74) is 0.411. The van der Waals surface area contributed by atoms with E-state index in [0.29, 0.717) is 17.9 Å². The first kappa shape index (κ1) is 21.4. The van der Waals surface area contributed by atoms with Crippen molar-refractivity contribution in [1.29, 1.82) is 0 Å². The molecule has 1 N–H and O–H groups in total. The molecule has 8 heteroatoms. The number of aromatic nitrogens is 2. The van der Waals surface area contributed by atoms with Crippen LogP contribution < -0.4 is 10.9 Å². The molecule has 0 aliphatic heterocycles. The minimum absolute atomic E-state index is 0.0150. The summed E-state index contributed by atoms with van der Waals surface area (Å²) >= 11 is 0. The first-order valence-electron chi connectivity index (χ1n) is 9.67. The van der Waals surface area contributed by atoms with Gasteiger partial charge in [0.1, 0.15) is 0 Å². The number of carbonyl (C=O) groups is 1. The van der Waals surface area contributed by atoms with E-state index in [2.05, 4.69) is 10.4 Å². The zero-order valence-electron chi connectivity index (χ0n) is 17.3. The summed E-state index contributed by atoms with van der Waals surface area (Å²) in [5.74, 6) is -2.04. The fraction of sp³-hybridized carbons (Fsp3) is 0.318. The van der Waals surface area contributed by atoms with Crippen LogP contribution >= 0.6 is 0 Å². The molecule has 158 valence electrons. The van der Waals surface area contributed by atoms with Gasteiger partial charge in [0, 0.05) is 24.7 Å². The molecule has 1 aromatic heterocycles. The zero-order valence-corrected chi connectivity index (χ0v) is 17.3. The molecule has 1 heterocycles. The van der Waals surface area contributed by atoms with Gasteiger partial charge in [0.25, 0.3) is 5.56 Å². The molecule has 0 radical (unpaired) electrons. The maximum Gasteiger partial charge on any atom is 0.322 e. The molecule has 0 saturated carbocycles. The van der Waals surface area contributed by atoms with Crippen LogP contribution in [0.25, 0.3) is 10.8 Å². The van der Waals surface area contributed by atoms with Gasteiger partial charge in [-0.05, 0) is 37.1 Å². The van der Waals surface area contributed by atoms with Gasteiger partial charge in [0.15, 0.2) is 11.6 Å². The minimum Gasteiger partial charge on any atom is -0.316 e. The highest BCUT2D eigenvalue weighted by Gasteiger charge is 2.27. The number of hydrogen-bond donors (Lipinski definition) is 1. The summed E-state index contributed by atoms with van der Waals surface area (Å²) in [4.78, 5) is 27.0. The smallest absolute Gasteiger partial charge is 0.316 e. The number of hydrogen-bond acceptors (Lipinski definition) is 3. The first-order valence-corrected chi connectivity index (χ1v) is 9.67. The summed E-state index contributed by atoms with van der Waals surface area (Å²) < 4.78 is 28.8. The lowest BCUT2D eigenvalue weighted by Crippen LogP contribution is -2.40. The molecular formula is C22H24F2N4O2. The number of anilines is 1. The standard InChI is InChI=1S/C22H24F2N4O2/c1-13(2)12-28(22(30)25-15-8-6-5-7-9-15)14(3)20-16-10-18(23)19(24)11-17(16)21(29)27(4)26-20/h5-11,13-14H,12H2,1-4H3,(H,25,30)/t14-/m0/s1. The number of nitrogens with one attached hydrogen (secondary N) is 1. The van der Waals surface area contributed by atoms with Crippen molar-refractivity contribution in [1.82, 2.24) is 14.7 Å². The molecule has 6 nitrogen and oxygen atoms in total. The number of para-hydroxylation sites is 1. The van der Waals surface area contributed by atoms with Gasteiger partial charge in [-0.1, -0.05) is 32.0 Å². The highest BCUT2D eigenvalue weighted by atomic mass is 19.2. The molecule has 3 aromatic rings. The summed E-state index contributed by atoms with van der Waals surface area (Å²) in [7, 11) is 1.44. The fourth-order valence-electron chi connectivity index (χ4n) is 3.35. The van der Waals surface area contributed by atoms with Crippen LogP contribution in [0.3, 0.4) is 0 Å². The quantitative estimate of drug-likeness (QED) is 0.670. The van der Waals surface area contributed by atoms with Crippen molar-refractivity contribution in [2.24, 2.45) is 13.0 Å². The van der Waals surface area contributed by atoms with E-state index in [9.17, 15) is 18.4 Å². The number of benzene rings is 2. The molecule has 0 saturated heterocycles. The molecule has 0 unspecified atom stereocenters. The largest absolute Gasteiger partial charge is 0.322 e. The Labute approximate surface area is 173 Å². The number of nitrogens with zero attached hydrogens (tertiary/aromatic N) is 3. The Balaban J connectivity index is 2.08. The Morgan fingerprint density at radius 2 is 1.70 bits per heavy atom. The van der Waals surface area contributed by atoms with Gasteiger partial charge in [-0.25, -0.2) is 18.3 Å². The minimum atomic E-state index is -1.11. The Hall–Kier alpha value is -3.29. The van der Waals surface area contributed by atoms with Gasteiger partial charge in [-0.15, -0.1) is 0 Å². The maximum absolute atomic E-state index is 14.0. The summed E-state index contributed by atoms with van der Waals surface area (Å²) in [5, 5.41) is 7.33. The summed E-state index contributed by atoms with van der Waals surface area (Å²) in [6.07, 6.45) is 0. The van der Waals surface area contributed by atoms with E-state index >= 15 is 0 Å². The molecule has 3 rings (SSSR count). The van der Waals surface area contributed by atoms with Crippen molar-refractivity contribution in [2.75, 3.05) is 11.9 Å². The third-order valence-corrected chi connectivity index (χ3v) is 4.83. The lowest BCUT2D eigenvalue weighted by atomic mass is 10.0. The van der Waals surface area contributed by atoms with E-state index in [1.165, 1.54) is 7.05 Å². The number of fused-ring (bicyclic) bond motifs is 1. The van der Waals surface area contributed by atoms with Gasteiger partial charge in [-0.2, -0.15) is 5.10 Å². The SMILES string of the molecule is CC(C)CN(C(=O)Nc1ccccc1)[C@@H](C)c1nn(C)c(=O)c2cc(F)c(F)cc12. The van der Waals surface area contributed by atoms with Crippen molar-refractivity contribution in [3.63, 3.8) is 0 Å². The predicted molar refractivity (Wildman–Crippen MR) is 112 cm³/mol. The highest BCUT2D eigenvalue weighted by molar-refractivity contribution is 5.90. The lowest BCUT2D eigenvalue weighted by Gasteiger charge is -2.31. The molecule has 2 aromatic carbocycles. The van der Waals surface area contributed by atoms with E-state index < -0.39 is 23.2 Å². The molecule has 0 fully saturated rings. The Morgan fingerprint density at radius 3 is 2.30 bits per heavy atom. The number of urea groups is 1. The Kier molecular flexibility index (Phi) is 6.14. The van der Waals surface area contributed by atoms with Gasteiger partial charge < -0.3 is 10.2 Å². The topological polar surface area (TPSA) is 67.2 Å². The second-order valence-electron chi connectivity index (χ2n) is 7.64. The van der Waals surface area contributed by atoms with E-state index in [0.717, 1.165) is 16.8 Å². The van der Waals surface area contributed by atoms with E-state index in [4.69, 9.17) is 0 Å². The normalized spacial score (nSPS) is 12.2. The molecule has 0 bridgehead atoms. The van der Waals surface area contributed by atoms with E-state index in [1.807, 2.05) is 32.0 Å². The Bertz CT molecular complexity index is 1130. The van der Waals surface area contributed by atoms with Crippen LogP contribution in [-0.4, -0.2) is 27.3 Å². The van der Waals surface area contributed by atoms with Gasteiger partial charge in [0.05, 0.1) is 17.1 Å². The second kappa shape index (κ2) is 8.61. The van der Waals surface area contributed by atoms with Crippen LogP contribution in [0.2, 0.25) is 0 Å². The lowest BCUT2D eigenvalue weighted by molar-refractivity contribution is 0.182. The van der Waals surface area contributed by atoms with Crippen LogP contribution in [0, 0.1) is 17.6 Å². The van der Waals surface area contributed by atoms with Crippen LogP contribution in [0.5, 0.6) is 0 Å². The second-order valence-corrected chi connectivity index (χ2v) is 7.64. The maximum atomic E-state index is 14.0. The fourth-order valence-corrected chi connectivity index (χ4v) is 3.35. The van der Waals surface area contributed by atoms with Crippen LogP contribution in [0.4, 0.5) is 19.3 Å². The van der Waals surface area contributed by atoms with Crippen LogP contribution in [0.15, 0.2) is 47.3 Å². The monoisotopic (exact) mass is 414 g/mol. The van der Waals surface area contributed by atoms with Gasteiger partial charge >= 0.3 is 6.03 Å². The number of carbonyl (C=O) groups excluding carboxylic acids is 1. The van der Waals surface area contributed by atoms with Crippen LogP contribution in [-0.2, 0) is 7.05 Å². The number of aryl methyl sites for hydroxylation is 1. The summed E-state index contributed by atoms with van der Waals surface area (Å²) in [6.45, 7) is 6.09. The number of amides is 2. The van der Waals surface area contributed by atoms with Crippen molar-refractivity contribution >= 4 is 22.5 Å². The van der Waals surface area contributed by atoms with Crippen molar-refractivity contribution in [3.8, 4) is 0 Å². The molecule has 0 aliphatic carbocycles. The van der Waals surface area contributed by atoms with Crippen molar-refractivity contribution in [2.45, 2.75) is 26.8 Å². The third-order valence-electron chi connectivity index (χ3n) is 4.83. The van der Waals surface area contributed by atoms with Crippen molar-refractivity contribution in [3.05, 3.63) is 70.1 Å². The molecular weight excluding hydrogens is 390 g/mol. The highest BCUT2D eigenvalue weighted by Crippen LogP contribution is 2.27. The molecule has 30 heavy (non-hydrogen) atoms. The van der Waals surface area contributed by atoms with Gasteiger partial charge in [-0.3, -0.25) is 4.79 Å². The predicted octanol–water partition coefficient (Wildman–Crippen LogP) is 4.46. The molecule has 2 amide bonds.